The van der Waals surface area contributed by atoms with Crippen molar-refractivity contribution in [1.29, 1.82) is 0 Å². The van der Waals surface area contributed by atoms with Crippen molar-refractivity contribution in [3.8, 4) is 11.5 Å². The second-order valence-corrected chi connectivity index (χ2v) is 5.83. The first-order valence-electron chi connectivity index (χ1n) is 7.80. The summed E-state index contributed by atoms with van der Waals surface area (Å²) < 4.78 is 5.41. The molecular formula is C17H24O4. The Morgan fingerprint density at radius 1 is 1.19 bits per heavy atom. The van der Waals surface area contributed by atoms with E-state index in [0.717, 1.165) is 24.8 Å². The molecule has 1 aromatic carbocycles. The van der Waals surface area contributed by atoms with Crippen molar-refractivity contribution in [3.05, 3.63) is 22.8 Å². The molecule has 0 bridgehead atoms. The van der Waals surface area contributed by atoms with Crippen molar-refractivity contribution in [2.45, 2.75) is 64.9 Å². The van der Waals surface area contributed by atoms with E-state index in [0.29, 0.717) is 12.0 Å². The lowest BCUT2D eigenvalue weighted by atomic mass is 9.91. The molecule has 4 heteroatoms. The van der Waals surface area contributed by atoms with Crippen LogP contribution in [0.4, 0.5) is 0 Å². The number of benzene rings is 1. The summed E-state index contributed by atoms with van der Waals surface area (Å²) in [5.41, 5.74) is 1.60. The van der Waals surface area contributed by atoms with Gasteiger partial charge < -0.3 is 14.9 Å². The van der Waals surface area contributed by atoms with Gasteiger partial charge in [-0.25, -0.2) is 4.79 Å². The molecule has 116 valence electrons. The minimum Gasteiger partial charge on any atom is -0.508 e. The molecular weight excluding hydrogens is 268 g/mol. The van der Waals surface area contributed by atoms with Gasteiger partial charge in [0.25, 0.3) is 0 Å². The van der Waals surface area contributed by atoms with Gasteiger partial charge in [-0.1, -0.05) is 32.6 Å². The van der Waals surface area contributed by atoms with E-state index in [2.05, 4.69) is 6.92 Å². The summed E-state index contributed by atoms with van der Waals surface area (Å²) in [5, 5.41) is 19.6. The molecule has 1 unspecified atom stereocenters. The van der Waals surface area contributed by atoms with E-state index in [4.69, 9.17) is 4.74 Å². The molecule has 1 heterocycles. The molecule has 0 saturated carbocycles. The summed E-state index contributed by atoms with van der Waals surface area (Å²) in [4.78, 5) is 12.1. The van der Waals surface area contributed by atoms with Crippen LogP contribution >= 0.6 is 0 Å². The number of rotatable bonds is 6. The molecule has 21 heavy (non-hydrogen) atoms. The smallest absolute Gasteiger partial charge is 0.342 e. The molecule has 1 aliphatic heterocycles. The highest BCUT2D eigenvalue weighted by atomic mass is 16.5. The van der Waals surface area contributed by atoms with E-state index < -0.39 is 5.97 Å². The molecule has 0 saturated heterocycles. The highest BCUT2D eigenvalue weighted by molar-refractivity contribution is 5.96. The lowest BCUT2D eigenvalue weighted by Gasteiger charge is -2.26. The molecule has 0 aliphatic carbocycles. The number of cyclic esters (lactones) is 1. The second kappa shape index (κ2) is 6.83. The minimum atomic E-state index is -0.476. The van der Waals surface area contributed by atoms with Gasteiger partial charge in [0.05, 0.1) is 0 Å². The Morgan fingerprint density at radius 3 is 2.62 bits per heavy atom. The summed E-state index contributed by atoms with van der Waals surface area (Å²) in [6.45, 7) is 3.95. The molecule has 1 aliphatic rings. The van der Waals surface area contributed by atoms with E-state index in [1.165, 1.54) is 25.3 Å². The number of aromatic hydroxyl groups is 2. The van der Waals surface area contributed by atoms with Gasteiger partial charge in [0.2, 0.25) is 0 Å². The Morgan fingerprint density at radius 2 is 1.90 bits per heavy atom. The van der Waals surface area contributed by atoms with Gasteiger partial charge in [0, 0.05) is 12.5 Å². The zero-order chi connectivity index (χ0) is 15.4. The maximum Gasteiger partial charge on any atom is 0.342 e. The number of esters is 1. The fourth-order valence-electron chi connectivity index (χ4n) is 2.91. The fraction of sp³-hybridized carbons (Fsp3) is 0.588. The highest BCUT2D eigenvalue weighted by Crippen LogP contribution is 2.36. The van der Waals surface area contributed by atoms with Gasteiger partial charge in [0.1, 0.15) is 23.2 Å². The van der Waals surface area contributed by atoms with E-state index in [-0.39, 0.29) is 23.2 Å². The van der Waals surface area contributed by atoms with Crippen molar-refractivity contribution < 1.29 is 19.7 Å². The van der Waals surface area contributed by atoms with Crippen LogP contribution in [0.2, 0.25) is 0 Å². The number of hydrogen-bond acceptors (Lipinski definition) is 4. The van der Waals surface area contributed by atoms with Crippen LogP contribution < -0.4 is 0 Å². The van der Waals surface area contributed by atoms with E-state index in [9.17, 15) is 15.0 Å². The molecule has 0 amide bonds. The summed E-state index contributed by atoms with van der Waals surface area (Å²) >= 11 is 0. The zero-order valence-electron chi connectivity index (χ0n) is 12.8. The van der Waals surface area contributed by atoms with Crippen LogP contribution in [-0.4, -0.2) is 22.3 Å². The van der Waals surface area contributed by atoms with Gasteiger partial charge in [-0.15, -0.1) is 0 Å². The monoisotopic (exact) mass is 292 g/mol. The average molecular weight is 292 g/mol. The van der Waals surface area contributed by atoms with E-state index in [1.54, 1.807) is 6.92 Å². The highest BCUT2D eigenvalue weighted by Gasteiger charge is 2.31. The number of unbranched alkanes of at least 4 members (excludes halogenated alkanes) is 4. The molecule has 2 N–H and O–H groups in total. The Labute approximate surface area is 125 Å². The largest absolute Gasteiger partial charge is 0.508 e. The van der Waals surface area contributed by atoms with Crippen LogP contribution in [0.3, 0.4) is 0 Å². The summed E-state index contributed by atoms with van der Waals surface area (Å²) in [7, 11) is 0. The van der Waals surface area contributed by atoms with Gasteiger partial charge >= 0.3 is 5.97 Å². The third-order valence-corrected chi connectivity index (χ3v) is 4.21. The predicted octanol–water partition coefficient (Wildman–Crippen LogP) is 3.85. The van der Waals surface area contributed by atoms with Crippen LogP contribution in [0.5, 0.6) is 11.5 Å². The predicted molar refractivity (Wildman–Crippen MR) is 80.8 cm³/mol. The number of hydrogen-bond donors (Lipinski definition) is 2. The number of ether oxygens (including phenoxy) is 1. The maximum atomic E-state index is 12.1. The maximum absolute atomic E-state index is 12.1. The summed E-state index contributed by atoms with van der Waals surface area (Å²) in [6, 6.07) is 1.21. The fourth-order valence-corrected chi connectivity index (χ4v) is 2.91. The minimum absolute atomic E-state index is 0.0302. The van der Waals surface area contributed by atoms with Crippen LogP contribution in [-0.2, 0) is 11.2 Å². The molecule has 1 atom stereocenters. The number of carbonyl (C=O) groups excluding carboxylic acids is 1. The Hall–Kier alpha value is -1.71. The SMILES string of the molecule is CCCCCCCC1Cc2c(C)c(O)cc(O)c2C(=O)O1. The number of carbonyl (C=O) groups is 1. The van der Waals surface area contributed by atoms with Gasteiger partial charge in [-0.2, -0.15) is 0 Å². The molecule has 1 aromatic rings. The Balaban J connectivity index is 2.04. The van der Waals surface area contributed by atoms with E-state index >= 15 is 0 Å². The lowest BCUT2D eigenvalue weighted by molar-refractivity contribution is 0.0226. The lowest BCUT2D eigenvalue weighted by Crippen LogP contribution is -2.28. The van der Waals surface area contributed by atoms with Crippen molar-refractivity contribution in [2.75, 3.05) is 0 Å². The van der Waals surface area contributed by atoms with Gasteiger partial charge in [-0.05, 0) is 30.9 Å². The third kappa shape index (κ3) is 3.49. The molecule has 0 spiro atoms. The topological polar surface area (TPSA) is 66.8 Å². The van der Waals surface area contributed by atoms with Crippen molar-refractivity contribution >= 4 is 5.97 Å². The standard InChI is InChI=1S/C17H24O4/c1-3-4-5-6-7-8-12-9-13-11(2)14(18)10-15(19)16(13)17(20)21-12/h10,12,18-19H,3-9H2,1-2H3. The number of phenolic OH excluding ortho intramolecular Hbond substituents is 2. The van der Waals surface area contributed by atoms with E-state index in [1.807, 2.05) is 0 Å². The summed E-state index contributed by atoms with van der Waals surface area (Å²) in [5.74, 6) is -0.641. The van der Waals surface area contributed by atoms with Crippen molar-refractivity contribution in [2.24, 2.45) is 0 Å². The van der Waals surface area contributed by atoms with Gasteiger partial charge in [0.15, 0.2) is 0 Å². The van der Waals surface area contributed by atoms with Crippen LogP contribution in [0, 0.1) is 6.92 Å². The second-order valence-electron chi connectivity index (χ2n) is 5.83. The van der Waals surface area contributed by atoms with Crippen LogP contribution in [0.1, 0.15) is 66.9 Å². The van der Waals surface area contributed by atoms with Crippen molar-refractivity contribution in [3.63, 3.8) is 0 Å². The Kier molecular flexibility index (Phi) is 5.10. The average Bonchev–Trinajstić information content (AvgIpc) is 2.44. The summed E-state index contributed by atoms with van der Waals surface area (Å²) in [6.07, 6.45) is 7.13. The number of phenols is 2. The molecule has 0 aromatic heterocycles. The number of fused-ring (bicyclic) bond motifs is 1. The molecule has 0 fully saturated rings. The first kappa shape index (κ1) is 15.7. The Bertz CT molecular complexity index is 522. The zero-order valence-corrected chi connectivity index (χ0v) is 12.8. The molecule has 4 nitrogen and oxygen atoms in total. The quantitative estimate of drug-likeness (QED) is 0.617. The first-order chi connectivity index (χ1) is 10.0. The molecule has 0 radical (unpaired) electrons. The third-order valence-electron chi connectivity index (χ3n) is 4.21. The van der Waals surface area contributed by atoms with Gasteiger partial charge in [-0.3, -0.25) is 0 Å². The van der Waals surface area contributed by atoms with Crippen LogP contribution in [0.15, 0.2) is 6.07 Å². The van der Waals surface area contributed by atoms with Crippen LogP contribution in [0.25, 0.3) is 0 Å². The first-order valence-corrected chi connectivity index (χ1v) is 7.80. The normalized spacial score (nSPS) is 17.4. The molecule has 2 rings (SSSR count). The van der Waals surface area contributed by atoms with Crippen molar-refractivity contribution in [1.82, 2.24) is 0 Å².